The number of anilines is 2. The smallest absolute Gasteiger partial charge is 0.275 e. The maximum absolute atomic E-state index is 13.2. The van der Waals surface area contributed by atoms with Gasteiger partial charge in [-0.05, 0) is 58.2 Å². The molecule has 1 aromatic carbocycles. The molecule has 0 radical (unpaired) electrons. The van der Waals surface area contributed by atoms with Gasteiger partial charge in [0.05, 0.1) is 17.9 Å². The number of aromatic nitrogens is 2. The van der Waals surface area contributed by atoms with Gasteiger partial charge in [0.1, 0.15) is 23.0 Å². The lowest BCUT2D eigenvalue weighted by Gasteiger charge is -2.34. The molecule has 4 N–H and O–H groups in total. The molecule has 2 heterocycles. The number of aromatic amines is 1. The van der Waals surface area contributed by atoms with Gasteiger partial charge in [-0.1, -0.05) is 26.2 Å². The molecule has 2 fully saturated rings. The third-order valence-corrected chi connectivity index (χ3v) is 7.10. The summed E-state index contributed by atoms with van der Waals surface area (Å²) in [4.78, 5) is 23.3. The second-order valence-corrected chi connectivity index (χ2v) is 9.67. The maximum atomic E-state index is 13.2. The van der Waals surface area contributed by atoms with Crippen LogP contribution in [0.15, 0.2) is 23.0 Å². The lowest BCUT2D eigenvalue weighted by Crippen LogP contribution is -2.42. The molecule has 0 bridgehead atoms. The van der Waals surface area contributed by atoms with E-state index in [1.807, 2.05) is 13.0 Å². The molecule has 2 aliphatic rings. The topological polar surface area (TPSA) is 106 Å². The van der Waals surface area contributed by atoms with Crippen molar-refractivity contribution in [1.29, 1.82) is 5.41 Å². The lowest BCUT2D eigenvalue weighted by atomic mass is 9.95. The third-order valence-electron chi connectivity index (χ3n) is 7.10. The fourth-order valence-corrected chi connectivity index (χ4v) is 5.27. The minimum Gasteiger partial charge on any atom is -0.493 e. The number of benzene rings is 1. The summed E-state index contributed by atoms with van der Waals surface area (Å²) in [6, 6.07) is 6.95. The van der Waals surface area contributed by atoms with Crippen molar-refractivity contribution >= 4 is 17.1 Å². The molecule has 0 atom stereocenters. The fraction of sp³-hybridized carbons (Fsp3) is 0.593. The average molecular weight is 481 g/mol. The van der Waals surface area contributed by atoms with Crippen molar-refractivity contribution in [2.45, 2.75) is 77.8 Å². The minimum atomic E-state index is -0.237. The molecule has 35 heavy (non-hydrogen) atoms. The zero-order chi connectivity index (χ0) is 24.8. The number of H-pyrrole nitrogens is 1. The summed E-state index contributed by atoms with van der Waals surface area (Å²) in [6.45, 7) is 9.31. The second-order valence-electron chi connectivity index (χ2n) is 9.67. The van der Waals surface area contributed by atoms with Gasteiger partial charge in [0, 0.05) is 36.9 Å². The second kappa shape index (κ2) is 11.7. The molecule has 1 aliphatic heterocycles. The van der Waals surface area contributed by atoms with Gasteiger partial charge in [0.2, 0.25) is 0 Å². The van der Waals surface area contributed by atoms with Crippen LogP contribution < -0.4 is 25.8 Å². The monoisotopic (exact) mass is 480 g/mol. The standard InChI is InChI=1S/C27H40N6O2/c1-4-29-19-13-15-33(16-14-19)21-11-12-22(23(17-21)35-5-2)26-31-24(18(3)28)25(27(34)32-26)30-20-9-7-6-8-10-20/h11-12,17,19-20,28-30H,4-10,13-16H2,1-3H3,(H,31,32,34). The summed E-state index contributed by atoms with van der Waals surface area (Å²) in [5.74, 6) is 1.13. The Labute approximate surface area is 208 Å². The molecule has 8 heteroatoms. The number of piperidine rings is 1. The molecule has 1 aliphatic carbocycles. The number of rotatable bonds is 9. The van der Waals surface area contributed by atoms with E-state index in [2.05, 4.69) is 39.6 Å². The van der Waals surface area contributed by atoms with Crippen molar-refractivity contribution in [1.82, 2.24) is 15.3 Å². The Morgan fingerprint density at radius 2 is 1.89 bits per heavy atom. The van der Waals surface area contributed by atoms with E-state index in [0.717, 1.165) is 69.4 Å². The zero-order valence-corrected chi connectivity index (χ0v) is 21.4. The Bertz CT molecular complexity index is 1070. The minimum absolute atomic E-state index is 0.237. The Morgan fingerprint density at radius 3 is 2.54 bits per heavy atom. The van der Waals surface area contributed by atoms with Crippen LogP contribution in [0.4, 0.5) is 11.4 Å². The highest BCUT2D eigenvalue weighted by Crippen LogP contribution is 2.33. The summed E-state index contributed by atoms with van der Waals surface area (Å²) < 4.78 is 6.00. The van der Waals surface area contributed by atoms with Crippen LogP contribution in [0, 0.1) is 5.41 Å². The van der Waals surface area contributed by atoms with Gasteiger partial charge in [-0.15, -0.1) is 0 Å². The number of nitrogens with one attached hydrogen (secondary N) is 4. The van der Waals surface area contributed by atoms with Gasteiger partial charge >= 0.3 is 0 Å². The largest absolute Gasteiger partial charge is 0.493 e. The van der Waals surface area contributed by atoms with Crippen LogP contribution in [0.25, 0.3) is 11.4 Å². The summed E-state index contributed by atoms with van der Waals surface area (Å²) >= 11 is 0. The van der Waals surface area contributed by atoms with Crippen LogP contribution in [0.1, 0.15) is 71.4 Å². The molecule has 8 nitrogen and oxygen atoms in total. The Morgan fingerprint density at radius 1 is 1.14 bits per heavy atom. The number of hydrogen-bond donors (Lipinski definition) is 4. The summed E-state index contributed by atoms with van der Waals surface area (Å²) in [5.41, 5.74) is 2.71. The molecule has 190 valence electrons. The highest BCUT2D eigenvalue weighted by atomic mass is 16.5. The maximum Gasteiger partial charge on any atom is 0.275 e. The first-order chi connectivity index (χ1) is 17.0. The van der Waals surface area contributed by atoms with E-state index < -0.39 is 0 Å². The van der Waals surface area contributed by atoms with Crippen LogP contribution in [-0.4, -0.2) is 54.0 Å². The van der Waals surface area contributed by atoms with E-state index in [1.165, 1.54) is 6.42 Å². The van der Waals surface area contributed by atoms with Crippen LogP contribution in [0.2, 0.25) is 0 Å². The number of hydrogen-bond acceptors (Lipinski definition) is 7. The van der Waals surface area contributed by atoms with Crippen molar-refractivity contribution in [2.24, 2.45) is 0 Å². The SMILES string of the molecule is CCNC1CCN(c2ccc(-c3nc(C(C)=N)c(NC4CCCCC4)c(=O)[nH]3)c(OCC)c2)CC1. The average Bonchev–Trinajstić information content (AvgIpc) is 2.86. The van der Waals surface area contributed by atoms with Gasteiger partial charge in [-0.3, -0.25) is 4.79 Å². The molecule has 1 saturated heterocycles. The molecule has 1 aromatic heterocycles. The summed E-state index contributed by atoms with van der Waals surface area (Å²) in [6.07, 6.45) is 7.89. The molecular weight excluding hydrogens is 440 g/mol. The van der Waals surface area contributed by atoms with Crippen molar-refractivity contribution in [2.75, 3.05) is 36.5 Å². The molecule has 0 amide bonds. The van der Waals surface area contributed by atoms with Crippen LogP contribution >= 0.6 is 0 Å². The van der Waals surface area contributed by atoms with E-state index >= 15 is 0 Å². The molecule has 4 rings (SSSR count). The van der Waals surface area contributed by atoms with Crippen LogP contribution in [0.3, 0.4) is 0 Å². The van der Waals surface area contributed by atoms with Gasteiger partial charge in [-0.25, -0.2) is 4.98 Å². The highest BCUT2D eigenvalue weighted by molar-refractivity contribution is 5.99. The predicted molar refractivity (Wildman–Crippen MR) is 143 cm³/mol. The van der Waals surface area contributed by atoms with Crippen molar-refractivity contribution < 1.29 is 4.74 Å². The Balaban J connectivity index is 1.63. The molecule has 0 unspecified atom stereocenters. The summed E-state index contributed by atoms with van der Waals surface area (Å²) in [5, 5.41) is 15.2. The highest BCUT2D eigenvalue weighted by Gasteiger charge is 2.23. The Hall–Kier alpha value is -2.87. The van der Waals surface area contributed by atoms with Crippen molar-refractivity contribution in [3.8, 4) is 17.1 Å². The Kier molecular flexibility index (Phi) is 8.44. The van der Waals surface area contributed by atoms with E-state index in [0.29, 0.717) is 35.6 Å². The molecule has 0 spiro atoms. The van der Waals surface area contributed by atoms with Crippen molar-refractivity contribution in [3.05, 3.63) is 34.2 Å². The van der Waals surface area contributed by atoms with Gasteiger partial charge in [0.15, 0.2) is 0 Å². The van der Waals surface area contributed by atoms with E-state index in [4.69, 9.17) is 15.1 Å². The predicted octanol–water partition coefficient (Wildman–Crippen LogP) is 4.55. The van der Waals surface area contributed by atoms with E-state index in [1.54, 1.807) is 6.92 Å². The molecular formula is C27H40N6O2. The fourth-order valence-electron chi connectivity index (χ4n) is 5.27. The molecule has 1 saturated carbocycles. The normalized spacial score (nSPS) is 17.4. The van der Waals surface area contributed by atoms with Gasteiger partial charge in [-0.2, -0.15) is 0 Å². The quantitative estimate of drug-likeness (QED) is 0.393. The number of ether oxygens (including phenoxy) is 1. The van der Waals surface area contributed by atoms with E-state index in [9.17, 15) is 4.79 Å². The lowest BCUT2D eigenvalue weighted by molar-refractivity contribution is 0.341. The first-order valence-electron chi connectivity index (χ1n) is 13.2. The zero-order valence-electron chi connectivity index (χ0n) is 21.4. The van der Waals surface area contributed by atoms with Crippen molar-refractivity contribution in [3.63, 3.8) is 0 Å². The third kappa shape index (κ3) is 6.04. The molecule has 2 aromatic rings. The van der Waals surface area contributed by atoms with E-state index in [-0.39, 0.29) is 17.3 Å². The number of nitrogens with zero attached hydrogens (tertiary/aromatic N) is 2. The summed E-state index contributed by atoms with van der Waals surface area (Å²) in [7, 11) is 0. The van der Waals surface area contributed by atoms with Gasteiger partial charge < -0.3 is 30.7 Å². The van der Waals surface area contributed by atoms with Crippen LogP contribution in [0.5, 0.6) is 5.75 Å². The first kappa shape index (κ1) is 25.2. The van der Waals surface area contributed by atoms with Gasteiger partial charge in [0.25, 0.3) is 5.56 Å². The van der Waals surface area contributed by atoms with Crippen LogP contribution in [-0.2, 0) is 0 Å². The first-order valence-corrected chi connectivity index (χ1v) is 13.2.